The smallest absolute Gasteiger partial charge is 0.142 e. The average Bonchev–Trinajstić information content (AvgIpc) is 2.76. The number of nitrogens with zero attached hydrogens (tertiary/aromatic N) is 3. The van der Waals surface area contributed by atoms with Gasteiger partial charge in [-0.25, -0.2) is 4.98 Å². The highest BCUT2D eigenvalue weighted by atomic mass is 79.9. The normalized spacial score (nSPS) is 25.8. The lowest BCUT2D eigenvalue weighted by Gasteiger charge is -2.38. The van der Waals surface area contributed by atoms with Gasteiger partial charge < -0.3 is 4.90 Å². The minimum atomic E-state index is 0.752. The van der Waals surface area contributed by atoms with E-state index in [4.69, 9.17) is 0 Å². The van der Waals surface area contributed by atoms with Crippen LogP contribution in [-0.2, 0) is 0 Å². The number of piperazine rings is 1. The Morgan fingerprint density at radius 3 is 3.12 bits per heavy atom. The number of hydrogen-bond donors (Lipinski definition) is 0. The van der Waals surface area contributed by atoms with Crippen molar-refractivity contribution in [2.24, 2.45) is 0 Å². The Morgan fingerprint density at radius 2 is 2.25 bits per heavy atom. The molecule has 2 saturated heterocycles. The molecule has 0 N–H and O–H groups in total. The standard InChI is InChI=1S/C12H16BrN3/c13-11-4-1-5-14-12(11)16-8-7-15-6-2-3-10(15)9-16/h1,4-5,10H,2-3,6-9H2. The fourth-order valence-electron chi connectivity index (χ4n) is 2.79. The zero-order valence-corrected chi connectivity index (χ0v) is 10.9. The van der Waals surface area contributed by atoms with Gasteiger partial charge in [-0.2, -0.15) is 0 Å². The molecule has 2 aliphatic rings. The van der Waals surface area contributed by atoms with Crippen molar-refractivity contribution >= 4 is 21.7 Å². The second kappa shape index (κ2) is 4.34. The van der Waals surface area contributed by atoms with Crippen molar-refractivity contribution in [1.29, 1.82) is 0 Å². The molecule has 2 fully saturated rings. The van der Waals surface area contributed by atoms with Gasteiger partial charge in [-0.05, 0) is 47.4 Å². The van der Waals surface area contributed by atoms with Gasteiger partial charge in [-0.3, -0.25) is 4.90 Å². The predicted molar refractivity (Wildman–Crippen MR) is 68.7 cm³/mol. The Morgan fingerprint density at radius 1 is 1.31 bits per heavy atom. The Hall–Kier alpha value is -0.610. The van der Waals surface area contributed by atoms with Crippen LogP contribution in [0.1, 0.15) is 12.8 Å². The first-order valence-corrected chi connectivity index (χ1v) is 6.73. The molecule has 1 aromatic rings. The first-order valence-electron chi connectivity index (χ1n) is 5.94. The Balaban J connectivity index is 1.79. The molecule has 0 amide bonds. The van der Waals surface area contributed by atoms with E-state index in [1.54, 1.807) is 0 Å². The summed E-state index contributed by atoms with van der Waals surface area (Å²) in [5.74, 6) is 1.11. The van der Waals surface area contributed by atoms with Crippen LogP contribution in [0.2, 0.25) is 0 Å². The maximum absolute atomic E-state index is 4.48. The molecule has 1 atom stereocenters. The topological polar surface area (TPSA) is 19.4 Å². The van der Waals surface area contributed by atoms with E-state index in [0.29, 0.717) is 0 Å². The molecule has 3 heterocycles. The molecule has 3 nitrogen and oxygen atoms in total. The third-order valence-corrected chi connectivity index (χ3v) is 4.24. The Labute approximate surface area is 105 Å². The van der Waals surface area contributed by atoms with Crippen molar-refractivity contribution in [2.75, 3.05) is 31.1 Å². The SMILES string of the molecule is Brc1cccnc1N1CCN2CCCC2C1. The van der Waals surface area contributed by atoms with Gasteiger partial charge in [-0.15, -0.1) is 0 Å². The largest absolute Gasteiger partial charge is 0.353 e. The molecule has 0 saturated carbocycles. The lowest BCUT2D eigenvalue weighted by Crippen LogP contribution is -2.50. The van der Waals surface area contributed by atoms with Crippen LogP contribution in [0.15, 0.2) is 22.8 Å². The minimum absolute atomic E-state index is 0.752. The Bertz CT molecular complexity index is 382. The second-order valence-corrected chi connectivity index (χ2v) is 5.44. The minimum Gasteiger partial charge on any atom is -0.353 e. The highest BCUT2D eigenvalue weighted by molar-refractivity contribution is 9.10. The summed E-state index contributed by atoms with van der Waals surface area (Å²) in [6.45, 7) is 4.72. The third-order valence-electron chi connectivity index (χ3n) is 3.63. The number of halogens is 1. The third kappa shape index (κ3) is 1.84. The molecular weight excluding hydrogens is 266 g/mol. The zero-order valence-electron chi connectivity index (χ0n) is 9.27. The van der Waals surface area contributed by atoms with E-state index in [9.17, 15) is 0 Å². The summed E-state index contributed by atoms with van der Waals surface area (Å²) in [4.78, 5) is 9.51. The van der Waals surface area contributed by atoms with Gasteiger partial charge in [0.05, 0.1) is 4.47 Å². The summed E-state index contributed by atoms with van der Waals surface area (Å²) in [5, 5.41) is 0. The molecule has 4 heteroatoms. The fourth-order valence-corrected chi connectivity index (χ4v) is 3.30. The quantitative estimate of drug-likeness (QED) is 0.786. The lowest BCUT2D eigenvalue weighted by molar-refractivity contribution is 0.230. The molecule has 1 unspecified atom stereocenters. The molecule has 86 valence electrons. The van der Waals surface area contributed by atoms with Crippen LogP contribution < -0.4 is 4.90 Å². The van der Waals surface area contributed by atoms with Crippen LogP contribution in [0.4, 0.5) is 5.82 Å². The summed E-state index contributed by atoms with van der Waals surface area (Å²) in [7, 11) is 0. The van der Waals surface area contributed by atoms with Crippen LogP contribution in [0, 0.1) is 0 Å². The van der Waals surface area contributed by atoms with Gasteiger partial charge in [0, 0.05) is 31.9 Å². The molecule has 0 spiro atoms. The van der Waals surface area contributed by atoms with Crippen molar-refractivity contribution < 1.29 is 0 Å². The van der Waals surface area contributed by atoms with Crippen LogP contribution in [0.5, 0.6) is 0 Å². The molecule has 16 heavy (non-hydrogen) atoms. The summed E-state index contributed by atoms with van der Waals surface area (Å²) >= 11 is 3.59. The molecule has 1 aromatic heterocycles. The van der Waals surface area contributed by atoms with E-state index in [0.717, 1.165) is 29.4 Å². The molecular formula is C12H16BrN3. The summed E-state index contributed by atoms with van der Waals surface area (Å²) in [6, 6.07) is 4.80. The van der Waals surface area contributed by atoms with Gasteiger partial charge in [0.15, 0.2) is 0 Å². The summed E-state index contributed by atoms with van der Waals surface area (Å²) in [6.07, 6.45) is 4.59. The van der Waals surface area contributed by atoms with Gasteiger partial charge in [-0.1, -0.05) is 0 Å². The van der Waals surface area contributed by atoms with Crippen molar-refractivity contribution in [3.05, 3.63) is 22.8 Å². The van der Waals surface area contributed by atoms with E-state index in [-0.39, 0.29) is 0 Å². The number of anilines is 1. The van der Waals surface area contributed by atoms with E-state index < -0.39 is 0 Å². The van der Waals surface area contributed by atoms with E-state index in [1.807, 2.05) is 12.3 Å². The van der Waals surface area contributed by atoms with E-state index >= 15 is 0 Å². The summed E-state index contributed by atoms with van der Waals surface area (Å²) in [5.41, 5.74) is 0. The maximum atomic E-state index is 4.48. The first-order chi connectivity index (χ1) is 7.84. The van der Waals surface area contributed by atoms with Crippen molar-refractivity contribution in [3.63, 3.8) is 0 Å². The molecule has 2 aliphatic heterocycles. The van der Waals surface area contributed by atoms with Gasteiger partial charge in [0.25, 0.3) is 0 Å². The highest BCUT2D eigenvalue weighted by Crippen LogP contribution is 2.28. The average molecular weight is 282 g/mol. The van der Waals surface area contributed by atoms with Crippen LogP contribution >= 0.6 is 15.9 Å². The van der Waals surface area contributed by atoms with Crippen LogP contribution in [-0.4, -0.2) is 42.1 Å². The van der Waals surface area contributed by atoms with Crippen LogP contribution in [0.3, 0.4) is 0 Å². The van der Waals surface area contributed by atoms with Gasteiger partial charge in [0.1, 0.15) is 5.82 Å². The number of pyridine rings is 1. The monoisotopic (exact) mass is 281 g/mol. The zero-order chi connectivity index (χ0) is 11.0. The van der Waals surface area contributed by atoms with Crippen molar-refractivity contribution in [1.82, 2.24) is 9.88 Å². The van der Waals surface area contributed by atoms with Crippen molar-refractivity contribution in [3.8, 4) is 0 Å². The molecule has 0 aliphatic carbocycles. The van der Waals surface area contributed by atoms with E-state index in [2.05, 4.69) is 36.8 Å². The molecule has 0 bridgehead atoms. The molecule has 0 aromatic carbocycles. The van der Waals surface area contributed by atoms with Crippen LogP contribution in [0.25, 0.3) is 0 Å². The number of fused-ring (bicyclic) bond motifs is 1. The van der Waals surface area contributed by atoms with Gasteiger partial charge in [0.2, 0.25) is 0 Å². The van der Waals surface area contributed by atoms with Crippen molar-refractivity contribution in [2.45, 2.75) is 18.9 Å². The molecule has 0 radical (unpaired) electrons. The number of aromatic nitrogens is 1. The number of rotatable bonds is 1. The fraction of sp³-hybridized carbons (Fsp3) is 0.583. The molecule has 3 rings (SSSR count). The maximum Gasteiger partial charge on any atom is 0.142 e. The predicted octanol–water partition coefficient (Wildman–Crippen LogP) is 2.13. The van der Waals surface area contributed by atoms with E-state index in [1.165, 1.54) is 25.9 Å². The Kier molecular flexibility index (Phi) is 2.86. The lowest BCUT2D eigenvalue weighted by atomic mass is 10.1. The number of hydrogen-bond acceptors (Lipinski definition) is 3. The summed E-state index contributed by atoms with van der Waals surface area (Å²) < 4.78 is 1.11. The second-order valence-electron chi connectivity index (χ2n) is 4.59. The first kappa shape index (κ1) is 10.5. The highest BCUT2D eigenvalue weighted by Gasteiger charge is 2.31. The van der Waals surface area contributed by atoms with Gasteiger partial charge >= 0.3 is 0 Å².